The number of hydrogen-bond acceptors (Lipinski definition) is 9. The van der Waals surface area contributed by atoms with Gasteiger partial charge in [0.15, 0.2) is 12.2 Å². The number of rotatable bonds is 4. The Labute approximate surface area is 126 Å². The summed E-state index contributed by atoms with van der Waals surface area (Å²) in [7, 11) is 0. The van der Waals surface area contributed by atoms with Gasteiger partial charge in [-0.25, -0.2) is 0 Å². The molecule has 4 atom stereocenters. The molecule has 9 nitrogen and oxygen atoms in total. The molecule has 0 amide bonds. The predicted octanol–water partition coefficient (Wildman–Crippen LogP) is -0.299. The van der Waals surface area contributed by atoms with Gasteiger partial charge in [-0.2, -0.15) is 0 Å². The van der Waals surface area contributed by atoms with Gasteiger partial charge in [0.05, 0.1) is 6.61 Å². The summed E-state index contributed by atoms with van der Waals surface area (Å²) >= 11 is 0. The molecule has 0 unspecified atom stereocenters. The van der Waals surface area contributed by atoms with Gasteiger partial charge in [-0.3, -0.25) is 19.2 Å². The molecule has 1 rings (SSSR count). The molecule has 1 fully saturated rings. The summed E-state index contributed by atoms with van der Waals surface area (Å²) in [6, 6.07) is 0. The molecule has 22 heavy (non-hydrogen) atoms. The summed E-state index contributed by atoms with van der Waals surface area (Å²) in [6.45, 7) is 4.40. The summed E-state index contributed by atoms with van der Waals surface area (Å²) in [4.78, 5) is 44.7. The highest BCUT2D eigenvalue weighted by molar-refractivity contribution is 5.69. The Morgan fingerprint density at radius 3 is 1.64 bits per heavy atom. The van der Waals surface area contributed by atoms with E-state index in [2.05, 4.69) is 0 Å². The quantitative estimate of drug-likeness (QED) is 0.509. The highest BCUT2D eigenvalue weighted by atomic mass is 16.7. The maximum atomic E-state index is 11.3. The van der Waals surface area contributed by atoms with Crippen LogP contribution in [0.1, 0.15) is 27.7 Å². The van der Waals surface area contributed by atoms with Crippen molar-refractivity contribution < 1.29 is 42.9 Å². The third kappa shape index (κ3) is 5.32. The van der Waals surface area contributed by atoms with Gasteiger partial charge in [-0.05, 0) is 0 Å². The van der Waals surface area contributed by atoms with Crippen LogP contribution in [0, 0.1) is 0 Å². The van der Waals surface area contributed by atoms with E-state index in [-0.39, 0.29) is 6.61 Å². The Morgan fingerprint density at radius 1 is 0.727 bits per heavy atom. The van der Waals surface area contributed by atoms with Crippen LogP contribution in [0.3, 0.4) is 0 Å². The Kier molecular flexibility index (Phi) is 6.29. The minimum absolute atomic E-state index is 0.187. The lowest BCUT2D eigenvalue weighted by atomic mass is 10.0. The largest absolute Gasteiger partial charge is 0.456 e. The average molecular weight is 318 g/mol. The third-order valence-electron chi connectivity index (χ3n) is 2.59. The van der Waals surface area contributed by atoms with Crippen LogP contribution in [0.15, 0.2) is 0 Å². The summed E-state index contributed by atoms with van der Waals surface area (Å²) < 4.78 is 25.2. The topological polar surface area (TPSA) is 114 Å². The van der Waals surface area contributed by atoms with E-state index in [0.717, 1.165) is 20.8 Å². The van der Waals surface area contributed by atoms with Crippen molar-refractivity contribution in [2.24, 2.45) is 0 Å². The van der Waals surface area contributed by atoms with E-state index >= 15 is 0 Å². The molecule has 0 aromatic heterocycles. The Bertz CT molecular complexity index is 416. The van der Waals surface area contributed by atoms with Crippen molar-refractivity contribution in [3.63, 3.8) is 0 Å². The third-order valence-corrected chi connectivity index (χ3v) is 2.59. The summed E-state index contributed by atoms with van der Waals surface area (Å²) in [5.41, 5.74) is 0. The molecule has 0 aromatic rings. The fourth-order valence-corrected chi connectivity index (χ4v) is 1.97. The van der Waals surface area contributed by atoms with Gasteiger partial charge < -0.3 is 23.7 Å². The van der Waals surface area contributed by atoms with Crippen molar-refractivity contribution in [2.45, 2.75) is 52.3 Å². The van der Waals surface area contributed by atoms with Crippen LogP contribution >= 0.6 is 0 Å². The van der Waals surface area contributed by atoms with E-state index in [0.29, 0.717) is 0 Å². The first-order valence-corrected chi connectivity index (χ1v) is 6.51. The minimum atomic E-state index is -1.27. The molecular formula is C13H18O9. The van der Waals surface area contributed by atoms with Gasteiger partial charge >= 0.3 is 23.9 Å². The molecule has 0 aliphatic carbocycles. The molecule has 1 heterocycles. The van der Waals surface area contributed by atoms with Gasteiger partial charge in [0.2, 0.25) is 12.4 Å². The number of carbonyl (C=O) groups excluding carboxylic acids is 4. The molecule has 0 aromatic carbocycles. The number of hydrogen-bond donors (Lipinski definition) is 0. The van der Waals surface area contributed by atoms with Crippen molar-refractivity contribution in [1.82, 2.24) is 0 Å². The second-order valence-electron chi connectivity index (χ2n) is 4.61. The van der Waals surface area contributed by atoms with Crippen molar-refractivity contribution in [1.29, 1.82) is 0 Å². The van der Waals surface area contributed by atoms with Gasteiger partial charge in [0.1, 0.15) is 0 Å². The molecule has 0 spiro atoms. The van der Waals surface area contributed by atoms with E-state index in [4.69, 9.17) is 23.7 Å². The van der Waals surface area contributed by atoms with Gasteiger partial charge in [0.25, 0.3) is 0 Å². The molecule has 0 saturated carbocycles. The van der Waals surface area contributed by atoms with Crippen LogP contribution in [0.5, 0.6) is 0 Å². The first-order valence-electron chi connectivity index (χ1n) is 6.51. The maximum absolute atomic E-state index is 11.3. The molecule has 1 saturated heterocycles. The number of ether oxygens (including phenoxy) is 5. The van der Waals surface area contributed by atoms with E-state index in [1.165, 1.54) is 6.92 Å². The van der Waals surface area contributed by atoms with E-state index in [1.807, 2.05) is 0 Å². The second kappa shape index (κ2) is 7.74. The predicted molar refractivity (Wildman–Crippen MR) is 68.2 cm³/mol. The Balaban J connectivity index is 3.03. The standard InChI is InChI=1S/C13H18O9/c1-6(14)19-10-5-18-13(22-9(4)17)12(21-8(3)16)11(10)20-7(2)15/h10-13H,5H2,1-4H3/t10-,11-,12+,13-/m0/s1. The second-order valence-corrected chi connectivity index (χ2v) is 4.61. The zero-order valence-corrected chi connectivity index (χ0v) is 12.7. The summed E-state index contributed by atoms with van der Waals surface area (Å²) in [5.74, 6) is -2.68. The van der Waals surface area contributed by atoms with Crippen LogP contribution in [0.2, 0.25) is 0 Å². The van der Waals surface area contributed by atoms with E-state index in [1.54, 1.807) is 0 Å². The van der Waals surface area contributed by atoms with Gasteiger partial charge in [-0.1, -0.05) is 0 Å². The molecule has 0 radical (unpaired) electrons. The first-order chi connectivity index (χ1) is 10.2. The number of esters is 4. The molecule has 1 aliphatic heterocycles. The van der Waals surface area contributed by atoms with Gasteiger partial charge in [-0.15, -0.1) is 0 Å². The lowest BCUT2D eigenvalue weighted by molar-refractivity contribution is -0.273. The van der Waals surface area contributed by atoms with Crippen molar-refractivity contribution in [3.05, 3.63) is 0 Å². The zero-order chi connectivity index (χ0) is 16.9. The van der Waals surface area contributed by atoms with Crippen LogP contribution in [-0.4, -0.2) is 55.1 Å². The molecular weight excluding hydrogens is 300 g/mol. The fourth-order valence-electron chi connectivity index (χ4n) is 1.97. The van der Waals surface area contributed by atoms with Crippen LogP contribution in [0.4, 0.5) is 0 Å². The van der Waals surface area contributed by atoms with E-state index < -0.39 is 48.5 Å². The monoisotopic (exact) mass is 318 g/mol. The highest BCUT2D eigenvalue weighted by Crippen LogP contribution is 2.25. The highest BCUT2D eigenvalue weighted by Gasteiger charge is 2.48. The molecule has 0 N–H and O–H groups in total. The van der Waals surface area contributed by atoms with E-state index in [9.17, 15) is 19.2 Å². The first kappa shape index (κ1) is 17.9. The lowest BCUT2D eigenvalue weighted by Gasteiger charge is -2.39. The smallest absolute Gasteiger partial charge is 0.305 e. The molecule has 1 aliphatic rings. The summed E-state index contributed by atoms with van der Waals surface area (Å²) in [5, 5.41) is 0. The lowest BCUT2D eigenvalue weighted by Crippen LogP contribution is -2.58. The van der Waals surface area contributed by atoms with Crippen LogP contribution in [-0.2, 0) is 42.9 Å². The van der Waals surface area contributed by atoms with Crippen molar-refractivity contribution in [3.8, 4) is 0 Å². The molecule has 9 heteroatoms. The minimum Gasteiger partial charge on any atom is -0.456 e. The SMILES string of the molecule is CC(=O)O[C@@H]1OC[C@H](OC(C)=O)[C@H](OC(C)=O)[C@H]1OC(C)=O. The number of carbonyl (C=O) groups is 4. The maximum Gasteiger partial charge on any atom is 0.305 e. The van der Waals surface area contributed by atoms with Gasteiger partial charge in [0, 0.05) is 27.7 Å². The molecule has 124 valence electrons. The van der Waals surface area contributed by atoms with Crippen molar-refractivity contribution in [2.75, 3.05) is 6.61 Å². The van der Waals surface area contributed by atoms with Crippen LogP contribution < -0.4 is 0 Å². The normalized spacial score (nSPS) is 27.5. The molecule has 0 bridgehead atoms. The average Bonchev–Trinajstić information content (AvgIpc) is 2.34. The Hall–Kier alpha value is -2.16. The summed E-state index contributed by atoms with van der Waals surface area (Å²) in [6.07, 6.45) is -4.65. The van der Waals surface area contributed by atoms with Crippen molar-refractivity contribution >= 4 is 23.9 Å². The zero-order valence-electron chi connectivity index (χ0n) is 12.7. The van der Waals surface area contributed by atoms with Crippen LogP contribution in [0.25, 0.3) is 0 Å². The fraction of sp³-hybridized carbons (Fsp3) is 0.692. The Morgan fingerprint density at radius 2 is 1.18 bits per heavy atom.